The quantitative estimate of drug-likeness (QED) is 0.890. The first-order chi connectivity index (χ1) is 10.2. The van der Waals surface area contributed by atoms with Gasteiger partial charge in [-0.05, 0) is 36.1 Å². The summed E-state index contributed by atoms with van der Waals surface area (Å²) >= 11 is 6.37. The Kier molecular flexibility index (Phi) is 4.36. The Morgan fingerprint density at radius 2 is 2.19 bits per heavy atom. The predicted octanol–water partition coefficient (Wildman–Crippen LogP) is 3.02. The van der Waals surface area contributed by atoms with Crippen LogP contribution in [-0.4, -0.2) is 23.1 Å². The van der Waals surface area contributed by atoms with Crippen LogP contribution in [0.3, 0.4) is 0 Å². The lowest BCUT2D eigenvalue weighted by Gasteiger charge is -2.19. The Morgan fingerprint density at radius 3 is 2.86 bits per heavy atom. The average molecular weight is 303 g/mol. The van der Waals surface area contributed by atoms with E-state index in [4.69, 9.17) is 11.6 Å². The number of hydrogen-bond donors (Lipinski definition) is 1. The van der Waals surface area contributed by atoms with Gasteiger partial charge in [0.1, 0.15) is 5.82 Å². The van der Waals surface area contributed by atoms with Crippen LogP contribution in [0.5, 0.6) is 0 Å². The Balaban J connectivity index is 1.66. The third-order valence-electron chi connectivity index (χ3n) is 3.55. The zero-order valence-corrected chi connectivity index (χ0v) is 12.8. The topological polar surface area (TPSA) is 41.1 Å². The smallest absolute Gasteiger partial charge is 0.147 e. The number of rotatable bonds is 6. The van der Waals surface area contributed by atoms with Gasteiger partial charge in [-0.15, -0.1) is 0 Å². The molecule has 1 saturated carbocycles. The summed E-state index contributed by atoms with van der Waals surface area (Å²) in [5, 5.41) is 4.16. The van der Waals surface area contributed by atoms with Crippen molar-refractivity contribution in [3.63, 3.8) is 0 Å². The molecule has 4 nitrogen and oxygen atoms in total. The van der Waals surface area contributed by atoms with Crippen molar-refractivity contribution in [2.45, 2.75) is 32.0 Å². The number of anilines is 1. The molecule has 0 radical (unpaired) electrons. The van der Waals surface area contributed by atoms with Gasteiger partial charge in [-0.3, -0.25) is 4.98 Å². The van der Waals surface area contributed by atoms with Crippen molar-refractivity contribution in [1.82, 2.24) is 15.3 Å². The molecule has 5 heteroatoms. The van der Waals surface area contributed by atoms with E-state index in [1.807, 2.05) is 42.5 Å². The fourth-order valence-electron chi connectivity index (χ4n) is 2.24. The zero-order valence-electron chi connectivity index (χ0n) is 12.1. The fraction of sp³-hybridized carbons (Fsp3) is 0.375. The summed E-state index contributed by atoms with van der Waals surface area (Å²) < 4.78 is 0. The Morgan fingerprint density at radius 1 is 1.33 bits per heavy atom. The summed E-state index contributed by atoms with van der Waals surface area (Å²) in [6, 6.07) is 6.67. The van der Waals surface area contributed by atoms with Gasteiger partial charge in [-0.1, -0.05) is 17.7 Å². The third kappa shape index (κ3) is 3.93. The van der Waals surface area contributed by atoms with Crippen LogP contribution in [0.15, 0.2) is 36.8 Å². The molecule has 0 aliphatic heterocycles. The molecule has 0 atom stereocenters. The molecule has 0 spiro atoms. The molecule has 0 unspecified atom stereocenters. The van der Waals surface area contributed by atoms with Crippen molar-refractivity contribution in [1.29, 1.82) is 0 Å². The summed E-state index contributed by atoms with van der Waals surface area (Å²) in [6.45, 7) is 1.57. The van der Waals surface area contributed by atoms with Crippen molar-refractivity contribution in [3.8, 4) is 0 Å². The van der Waals surface area contributed by atoms with Gasteiger partial charge in [0.25, 0.3) is 0 Å². The van der Waals surface area contributed by atoms with Crippen LogP contribution in [0.2, 0.25) is 5.02 Å². The number of halogens is 1. The van der Waals surface area contributed by atoms with E-state index in [-0.39, 0.29) is 0 Å². The van der Waals surface area contributed by atoms with Gasteiger partial charge in [0.2, 0.25) is 0 Å². The van der Waals surface area contributed by atoms with Crippen molar-refractivity contribution < 1.29 is 0 Å². The van der Waals surface area contributed by atoms with Crippen molar-refractivity contribution >= 4 is 17.4 Å². The van der Waals surface area contributed by atoms with Crippen LogP contribution in [0.25, 0.3) is 0 Å². The molecule has 110 valence electrons. The highest BCUT2D eigenvalue weighted by Gasteiger charge is 2.20. The van der Waals surface area contributed by atoms with Gasteiger partial charge in [-0.2, -0.15) is 0 Å². The fourth-order valence-corrected chi connectivity index (χ4v) is 2.57. The number of pyridine rings is 2. The molecule has 1 N–H and O–H groups in total. The lowest BCUT2D eigenvalue weighted by Crippen LogP contribution is -2.19. The van der Waals surface area contributed by atoms with Crippen LogP contribution in [0.4, 0.5) is 5.82 Å². The molecule has 1 aliphatic rings. The Hall–Kier alpha value is -1.65. The summed E-state index contributed by atoms with van der Waals surface area (Å²) in [5.74, 6) is 0.802. The zero-order chi connectivity index (χ0) is 14.7. The second kappa shape index (κ2) is 6.41. The van der Waals surface area contributed by atoms with Crippen molar-refractivity contribution in [3.05, 3.63) is 52.9 Å². The average Bonchev–Trinajstić information content (AvgIpc) is 3.30. The number of nitrogens with one attached hydrogen (secondary N) is 1. The van der Waals surface area contributed by atoms with E-state index in [0.29, 0.717) is 11.1 Å². The second-order valence-electron chi connectivity index (χ2n) is 5.52. The summed E-state index contributed by atoms with van der Waals surface area (Å²) in [7, 11) is 1.99. The molecule has 2 aromatic rings. The van der Waals surface area contributed by atoms with Crippen LogP contribution in [-0.2, 0) is 13.1 Å². The molecule has 0 saturated heterocycles. The SMILES string of the molecule is CN(Cc1cccnc1)c1ncc(CNC2CC2)cc1Cl. The van der Waals surface area contributed by atoms with Gasteiger partial charge < -0.3 is 10.2 Å². The first-order valence-electron chi connectivity index (χ1n) is 7.20. The van der Waals surface area contributed by atoms with Gasteiger partial charge in [0.15, 0.2) is 0 Å². The van der Waals surface area contributed by atoms with Gasteiger partial charge in [-0.25, -0.2) is 4.98 Å². The number of nitrogens with zero attached hydrogens (tertiary/aromatic N) is 3. The predicted molar refractivity (Wildman–Crippen MR) is 85.5 cm³/mol. The highest BCUT2D eigenvalue weighted by molar-refractivity contribution is 6.33. The molecule has 2 aromatic heterocycles. The van der Waals surface area contributed by atoms with Crippen LogP contribution in [0.1, 0.15) is 24.0 Å². The van der Waals surface area contributed by atoms with E-state index in [1.165, 1.54) is 12.8 Å². The first-order valence-corrected chi connectivity index (χ1v) is 7.58. The largest absolute Gasteiger partial charge is 0.354 e. The normalized spacial score (nSPS) is 14.2. The number of hydrogen-bond acceptors (Lipinski definition) is 4. The maximum Gasteiger partial charge on any atom is 0.147 e. The highest BCUT2D eigenvalue weighted by Crippen LogP contribution is 2.25. The second-order valence-corrected chi connectivity index (χ2v) is 5.93. The van der Waals surface area contributed by atoms with E-state index in [2.05, 4.69) is 15.3 Å². The van der Waals surface area contributed by atoms with Gasteiger partial charge in [0.05, 0.1) is 5.02 Å². The summed E-state index contributed by atoms with van der Waals surface area (Å²) in [5.41, 5.74) is 2.27. The Labute approximate surface area is 130 Å². The van der Waals surface area contributed by atoms with Gasteiger partial charge >= 0.3 is 0 Å². The van der Waals surface area contributed by atoms with E-state index in [0.717, 1.165) is 30.0 Å². The first kappa shape index (κ1) is 14.3. The number of aromatic nitrogens is 2. The van der Waals surface area contributed by atoms with E-state index in [1.54, 1.807) is 6.20 Å². The lowest BCUT2D eigenvalue weighted by molar-refractivity contribution is 0.685. The maximum absolute atomic E-state index is 6.37. The minimum absolute atomic E-state index is 0.691. The van der Waals surface area contributed by atoms with Crippen LogP contribution in [0, 0.1) is 0 Å². The molecule has 0 aromatic carbocycles. The molecule has 21 heavy (non-hydrogen) atoms. The maximum atomic E-state index is 6.37. The Bertz CT molecular complexity index is 598. The molecule has 2 heterocycles. The third-order valence-corrected chi connectivity index (χ3v) is 3.83. The molecule has 0 bridgehead atoms. The van der Waals surface area contributed by atoms with E-state index >= 15 is 0 Å². The molecule has 0 amide bonds. The summed E-state index contributed by atoms with van der Waals surface area (Å²) in [6.07, 6.45) is 8.10. The van der Waals surface area contributed by atoms with Crippen molar-refractivity contribution in [2.75, 3.05) is 11.9 Å². The summed E-state index contributed by atoms with van der Waals surface area (Å²) in [4.78, 5) is 10.7. The molecule has 1 fully saturated rings. The van der Waals surface area contributed by atoms with Crippen LogP contribution < -0.4 is 10.2 Å². The molecular weight excluding hydrogens is 284 g/mol. The minimum atomic E-state index is 0.691. The van der Waals surface area contributed by atoms with E-state index < -0.39 is 0 Å². The highest BCUT2D eigenvalue weighted by atomic mass is 35.5. The molecule has 3 rings (SSSR count). The van der Waals surface area contributed by atoms with Gasteiger partial charge in [0, 0.05) is 44.8 Å². The molecule has 1 aliphatic carbocycles. The van der Waals surface area contributed by atoms with Crippen LogP contribution >= 0.6 is 11.6 Å². The monoisotopic (exact) mass is 302 g/mol. The standard InChI is InChI=1S/C16H19ClN4/c1-21(11-12-3-2-6-18-8-12)16-15(17)7-13(10-20-16)9-19-14-4-5-14/h2-3,6-8,10,14,19H,4-5,9,11H2,1H3. The minimum Gasteiger partial charge on any atom is -0.354 e. The van der Waals surface area contributed by atoms with Crippen molar-refractivity contribution in [2.24, 2.45) is 0 Å². The lowest BCUT2D eigenvalue weighted by atomic mass is 10.2. The molecular formula is C16H19ClN4. The van der Waals surface area contributed by atoms with E-state index in [9.17, 15) is 0 Å².